The molecule has 2 rings (SSSR count). The van der Waals surface area contributed by atoms with Crippen LogP contribution < -0.4 is 20.1 Å². The number of ether oxygens (including phenoxy) is 2. The Morgan fingerprint density at radius 3 is 2.48 bits per heavy atom. The van der Waals surface area contributed by atoms with Crippen molar-refractivity contribution in [2.45, 2.75) is 12.8 Å². The van der Waals surface area contributed by atoms with Crippen LogP contribution in [-0.2, 0) is 6.42 Å². The fraction of sp³-hybridized carbons (Fsp3) is 0.368. The predicted molar refractivity (Wildman–Crippen MR) is 100 cm³/mol. The Bertz CT molecular complexity index is 630. The summed E-state index contributed by atoms with van der Waals surface area (Å²) in [5, 5.41) is 6.56. The minimum Gasteiger partial charge on any atom is -0.497 e. The quantitative estimate of drug-likeness (QED) is 0.416. The minimum atomic E-state index is 0.643. The Hall–Kier alpha value is -2.76. The molecule has 2 aromatic rings. The molecule has 0 unspecified atom stereocenters. The van der Waals surface area contributed by atoms with E-state index < -0.39 is 0 Å². The van der Waals surface area contributed by atoms with Crippen molar-refractivity contribution in [3.05, 3.63) is 54.4 Å². The van der Waals surface area contributed by atoms with E-state index in [-0.39, 0.29) is 0 Å². The van der Waals surface area contributed by atoms with Gasteiger partial charge in [-0.25, -0.2) is 0 Å². The molecule has 1 heterocycles. The molecule has 0 radical (unpaired) electrons. The SMILES string of the molecule is CN=C(NCCCOc1ccc(OC)cc1)NCCc1ccccn1. The van der Waals surface area contributed by atoms with E-state index in [9.17, 15) is 0 Å². The number of hydrogen-bond acceptors (Lipinski definition) is 4. The summed E-state index contributed by atoms with van der Waals surface area (Å²) in [5.41, 5.74) is 1.07. The summed E-state index contributed by atoms with van der Waals surface area (Å²) in [6.45, 7) is 2.22. The van der Waals surface area contributed by atoms with E-state index in [1.807, 2.05) is 48.7 Å². The van der Waals surface area contributed by atoms with Gasteiger partial charge in [-0.05, 0) is 42.8 Å². The molecule has 0 aliphatic heterocycles. The van der Waals surface area contributed by atoms with Crippen LogP contribution in [0.15, 0.2) is 53.7 Å². The smallest absolute Gasteiger partial charge is 0.190 e. The largest absolute Gasteiger partial charge is 0.497 e. The van der Waals surface area contributed by atoms with Crippen LogP contribution in [0.1, 0.15) is 12.1 Å². The van der Waals surface area contributed by atoms with Gasteiger partial charge < -0.3 is 20.1 Å². The lowest BCUT2D eigenvalue weighted by atomic mass is 10.3. The van der Waals surface area contributed by atoms with Crippen molar-refractivity contribution < 1.29 is 9.47 Å². The van der Waals surface area contributed by atoms with Gasteiger partial charge in [0.15, 0.2) is 5.96 Å². The molecule has 134 valence electrons. The minimum absolute atomic E-state index is 0.643. The van der Waals surface area contributed by atoms with Crippen molar-refractivity contribution in [1.82, 2.24) is 15.6 Å². The van der Waals surface area contributed by atoms with Gasteiger partial charge in [-0.2, -0.15) is 0 Å². The summed E-state index contributed by atoms with van der Waals surface area (Å²) in [5.74, 6) is 2.47. The highest BCUT2D eigenvalue weighted by Gasteiger charge is 1.99. The van der Waals surface area contributed by atoms with Gasteiger partial charge in [-0.3, -0.25) is 9.98 Å². The number of benzene rings is 1. The van der Waals surface area contributed by atoms with Crippen molar-refractivity contribution in [3.8, 4) is 11.5 Å². The number of rotatable bonds is 9. The van der Waals surface area contributed by atoms with Gasteiger partial charge in [0.1, 0.15) is 11.5 Å². The first-order valence-corrected chi connectivity index (χ1v) is 8.43. The van der Waals surface area contributed by atoms with Crippen LogP contribution in [0.25, 0.3) is 0 Å². The van der Waals surface area contributed by atoms with E-state index in [1.165, 1.54) is 0 Å². The summed E-state index contributed by atoms with van der Waals surface area (Å²) in [4.78, 5) is 8.52. The average molecular weight is 342 g/mol. The highest BCUT2D eigenvalue weighted by atomic mass is 16.5. The van der Waals surface area contributed by atoms with Gasteiger partial charge in [0, 0.05) is 38.4 Å². The molecule has 0 fully saturated rings. The van der Waals surface area contributed by atoms with Crippen molar-refractivity contribution in [3.63, 3.8) is 0 Å². The lowest BCUT2D eigenvalue weighted by Crippen LogP contribution is -2.39. The van der Waals surface area contributed by atoms with Crippen LogP contribution >= 0.6 is 0 Å². The molecular weight excluding hydrogens is 316 g/mol. The van der Waals surface area contributed by atoms with Crippen LogP contribution in [0.2, 0.25) is 0 Å². The monoisotopic (exact) mass is 342 g/mol. The first-order chi connectivity index (χ1) is 12.3. The van der Waals surface area contributed by atoms with Crippen LogP contribution in [0.3, 0.4) is 0 Å². The Morgan fingerprint density at radius 2 is 1.80 bits per heavy atom. The summed E-state index contributed by atoms with van der Waals surface area (Å²) in [7, 11) is 3.42. The van der Waals surface area contributed by atoms with Gasteiger partial charge in [0.05, 0.1) is 13.7 Å². The number of aromatic nitrogens is 1. The highest BCUT2D eigenvalue weighted by Crippen LogP contribution is 2.16. The van der Waals surface area contributed by atoms with Gasteiger partial charge in [0.25, 0.3) is 0 Å². The van der Waals surface area contributed by atoms with E-state index in [4.69, 9.17) is 9.47 Å². The summed E-state index contributed by atoms with van der Waals surface area (Å²) >= 11 is 0. The maximum atomic E-state index is 5.70. The molecule has 0 saturated carbocycles. The first-order valence-electron chi connectivity index (χ1n) is 8.43. The number of nitrogens with one attached hydrogen (secondary N) is 2. The normalized spacial score (nSPS) is 11.0. The molecule has 0 atom stereocenters. The van der Waals surface area contributed by atoms with Crippen molar-refractivity contribution >= 4 is 5.96 Å². The van der Waals surface area contributed by atoms with E-state index in [0.29, 0.717) is 6.61 Å². The average Bonchev–Trinajstić information content (AvgIpc) is 2.67. The molecule has 0 amide bonds. The highest BCUT2D eigenvalue weighted by molar-refractivity contribution is 5.79. The molecule has 1 aromatic heterocycles. The summed E-state index contributed by atoms with van der Waals surface area (Å²) < 4.78 is 10.8. The zero-order valence-corrected chi connectivity index (χ0v) is 14.9. The third-order valence-corrected chi connectivity index (χ3v) is 3.57. The first kappa shape index (κ1) is 18.6. The number of nitrogens with zero attached hydrogens (tertiary/aromatic N) is 2. The lowest BCUT2D eigenvalue weighted by molar-refractivity contribution is 0.310. The van der Waals surface area contributed by atoms with Crippen LogP contribution in [0, 0.1) is 0 Å². The molecule has 1 aromatic carbocycles. The molecule has 0 aliphatic rings. The zero-order chi connectivity index (χ0) is 17.7. The van der Waals surface area contributed by atoms with Crippen LogP contribution in [0.4, 0.5) is 0 Å². The number of guanidine groups is 1. The van der Waals surface area contributed by atoms with E-state index >= 15 is 0 Å². The number of pyridine rings is 1. The molecule has 6 heteroatoms. The Morgan fingerprint density at radius 1 is 1.04 bits per heavy atom. The second kappa shape index (κ2) is 10.9. The number of aliphatic imine (C=N–C) groups is 1. The second-order valence-electron chi connectivity index (χ2n) is 5.37. The third kappa shape index (κ3) is 7.12. The molecule has 0 bridgehead atoms. The van der Waals surface area contributed by atoms with Crippen molar-refractivity contribution in [2.24, 2.45) is 4.99 Å². The maximum absolute atomic E-state index is 5.70. The number of methoxy groups -OCH3 is 1. The van der Waals surface area contributed by atoms with Crippen molar-refractivity contribution in [1.29, 1.82) is 0 Å². The molecule has 2 N–H and O–H groups in total. The molecule has 6 nitrogen and oxygen atoms in total. The Kier molecular flexibility index (Phi) is 8.11. The van der Waals surface area contributed by atoms with Crippen LogP contribution in [-0.4, -0.2) is 44.8 Å². The van der Waals surface area contributed by atoms with E-state index in [1.54, 1.807) is 14.2 Å². The Labute approximate surface area is 149 Å². The molecule has 0 aliphatic carbocycles. The second-order valence-corrected chi connectivity index (χ2v) is 5.37. The van der Waals surface area contributed by atoms with Gasteiger partial charge in [-0.1, -0.05) is 6.07 Å². The summed E-state index contributed by atoms with van der Waals surface area (Å²) in [6.07, 6.45) is 3.56. The third-order valence-electron chi connectivity index (χ3n) is 3.57. The zero-order valence-electron chi connectivity index (χ0n) is 14.9. The van der Waals surface area contributed by atoms with E-state index in [2.05, 4.69) is 20.6 Å². The fourth-order valence-electron chi connectivity index (χ4n) is 2.22. The van der Waals surface area contributed by atoms with Gasteiger partial charge in [0.2, 0.25) is 0 Å². The standard InChI is InChI=1S/C19H26N4O2/c1-20-19(23-14-11-16-6-3-4-12-21-16)22-13-5-15-25-18-9-7-17(24-2)8-10-18/h3-4,6-10,12H,5,11,13-15H2,1-2H3,(H2,20,22,23). The number of hydrogen-bond donors (Lipinski definition) is 2. The fourth-order valence-corrected chi connectivity index (χ4v) is 2.22. The van der Waals surface area contributed by atoms with Gasteiger partial charge in [-0.15, -0.1) is 0 Å². The lowest BCUT2D eigenvalue weighted by Gasteiger charge is -2.12. The van der Waals surface area contributed by atoms with Crippen molar-refractivity contribution in [2.75, 3.05) is 33.9 Å². The summed E-state index contributed by atoms with van der Waals surface area (Å²) in [6, 6.07) is 13.5. The molecule has 25 heavy (non-hydrogen) atoms. The Balaban J connectivity index is 1.57. The van der Waals surface area contributed by atoms with Crippen LogP contribution in [0.5, 0.6) is 11.5 Å². The molecular formula is C19H26N4O2. The molecule has 0 saturated heterocycles. The predicted octanol–water partition coefficient (Wildman–Crippen LogP) is 2.27. The topological polar surface area (TPSA) is 67.8 Å². The van der Waals surface area contributed by atoms with Gasteiger partial charge >= 0.3 is 0 Å². The molecule has 0 spiro atoms. The maximum Gasteiger partial charge on any atom is 0.190 e. The van der Waals surface area contributed by atoms with E-state index in [0.717, 1.165) is 49.1 Å².